The molecule has 68 heavy (non-hydrogen) atoms. The summed E-state index contributed by atoms with van der Waals surface area (Å²) >= 11 is 0. The fourth-order valence-corrected chi connectivity index (χ4v) is 9.74. The van der Waals surface area contributed by atoms with Gasteiger partial charge in [0.05, 0.1) is 26.4 Å². The van der Waals surface area contributed by atoms with E-state index in [1.165, 1.54) is 109 Å². The minimum Gasteiger partial charge on any atom is -0.394 e. The molecule has 13 heteroatoms. The van der Waals surface area contributed by atoms with E-state index in [0.29, 0.717) is 25.0 Å². The highest BCUT2D eigenvalue weighted by Gasteiger charge is 2.47. The molecule has 0 aliphatic carbocycles. The van der Waals surface area contributed by atoms with E-state index in [-0.39, 0.29) is 13.2 Å². The minimum absolute atomic E-state index is 0.00274. The highest BCUT2D eigenvalue weighted by molar-refractivity contribution is 4.92. The molecular formula is C55H108O13. The maximum atomic E-state index is 10.9. The Balaban J connectivity index is 1.86. The largest absolute Gasteiger partial charge is 0.394 e. The lowest BCUT2D eigenvalue weighted by Crippen LogP contribution is -2.61. The van der Waals surface area contributed by atoms with Gasteiger partial charge in [-0.25, -0.2) is 0 Å². The van der Waals surface area contributed by atoms with Gasteiger partial charge in [0.25, 0.3) is 0 Å². The van der Waals surface area contributed by atoms with Gasteiger partial charge in [-0.2, -0.15) is 0 Å². The van der Waals surface area contributed by atoms with Crippen LogP contribution in [0.2, 0.25) is 0 Å². The molecule has 17 atom stereocenters. The van der Waals surface area contributed by atoms with Crippen LogP contribution in [0.25, 0.3) is 0 Å². The first-order chi connectivity index (χ1) is 32.3. The monoisotopic (exact) mass is 977 g/mol. The first-order valence-electron chi connectivity index (χ1n) is 27.7. The summed E-state index contributed by atoms with van der Waals surface area (Å²) in [6, 6.07) is 0. The predicted octanol–water partition coefficient (Wildman–Crippen LogP) is 8.96. The Morgan fingerprint density at radius 2 is 0.735 bits per heavy atom. The normalized spacial score (nSPS) is 29.0. The quantitative estimate of drug-likeness (QED) is 0.0288. The highest BCUT2D eigenvalue weighted by Crippen LogP contribution is 2.28. The van der Waals surface area contributed by atoms with Crippen molar-refractivity contribution in [1.82, 2.24) is 0 Å². The van der Waals surface area contributed by atoms with Crippen molar-refractivity contribution in [3.05, 3.63) is 0 Å². The average Bonchev–Trinajstić information content (AvgIpc) is 3.28. The predicted molar refractivity (Wildman–Crippen MR) is 270 cm³/mol. The van der Waals surface area contributed by atoms with Gasteiger partial charge in [-0.05, 0) is 60.2 Å². The molecule has 0 bridgehead atoms. The lowest BCUT2D eigenvalue weighted by Gasteiger charge is -2.42. The van der Waals surface area contributed by atoms with Crippen LogP contribution in [0.3, 0.4) is 0 Å². The SMILES string of the molecule is CC(C)CCC[C@@H](C)CCC[C@@H](C)CCC[C@@H](C)CCOC[C@@H](CO[C@H]1O[C@H](CO[C@@H]2O[C@H](CO)[C@@H](O)[C@H](O)[C@H]2O)[C@@H](O)[C@H](O)[C@H]1O)OCC[C@H](C)CCC[C@H](C)CCC[C@H](C)CCCC(C)C. The molecule has 2 saturated heterocycles. The van der Waals surface area contributed by atoms with E-state index in [1.54, 1.807) is 0 Å². The van der Waals surface area contributed by atoms with Crippen molar-refractivity contribution in [3.63, 3.8) is 0 Å². The van der Waals surface area contributed by atoms with Crippen molar-refractivity contribution in [2.24, 2.45) is 47.3 Å². The molecule has 0 aromatic heterocycles. The summed E-state index contributed by atoms with van der Waals surface area (Å²) in [7, 11) is 0. The van der Waals surface area contributed by atoms with E-state index in [1.807, 2.05) is 0 Å². The van der Waals surface area contributed by atoms with Crippen molar-refractivity contribution in [2.75, 3.05) is 39.6 Å². The Hall–Kier alpha value is -0.520. The fourth-order valence-electron chi connectivity index (χ4n) is 9.74. The van der Waals surface area contributed by atoms with Crippen molar-refractivity contribution in [2.45, 2.75) is 265 Å². The summed E-state index contributed by atoms with van der Waals surface area (Å²) < 4.78 is 35.5. The van der Waals surface area contributed by atoms with Crippen molar-refractivity contribution in [1.29, 1.82) is 0 Å². The zero-order chi connectivity index (χ0) is 50.6. The Bertz CT molecular complexity index is 1190. The molecule has 0 aromatic carbocycles. The van der Waals surface area contributed by atoms with E-state index < -0.39 is 80.7 Å². The van der Waals surface area contributed by atoms with Crippen LogP contribution >= 0.6 is 0 Å². The average molecular weight is 977 g/mol. The van der Waals surface area contributed by atoms with Gasteiger partial charge >= 0.3 is 0 Å². The fraction of sp³-hybridized carbons (Fsp3) is 1.00. The third-order valence-corrected chi connectivity index (χ3v) is 14.9. The Kier molecular flexibility index (Phi) is 34.1. The molecular weight excluding hydrogens is 869 g/mol. The van der Waals surface area contributed by atoms with Gasteiger partial charge in [-0.3, -0.25) is 0 Å². The summed E-state index contributed by atoms with van der Waals surface area (Å²) in [5.74, 6) is 5.74. The number of hydrogen-bond donors (Lipinski definition) is 7. The van der Waals surface area contributed by atoms with E-state index in [4.69, 9.17) is 28.4 Å². The second kappa shape index (κ2) is 36.4. The van der Waals surface area contributed by atoms with Crippen LogP contribution < -0.4 is 0 Å². The molecule has 2 rings (SSSR count). The molecule has 0 unspecified atom stereocenters. The third-order valence-electron chi connectivity index (χ3n) is 14.9. The standard InChI is InChI=1S/C55H108O13/c1-37(2)17-11-19-39(5)21-13-23-41(7)25-15-27-43(9)29-31-63-34-45(64-32-30-44(10)28-16-26-42(8)24-14-22-40(6)20-12-18-38(3)4)35-65-54-53(62)51(60)49(58)47(68-54)36-66-55-52(61)50(59)48(57)46(33-56)67-55/h37-62H,11-36H2,1-10H3/t39-,40-,41-,42-,43-,44-,45+,46-,47-,48-,49-,50+,51+,52-,53-,54+,55-/m1/s1. The van der Waals surface area contributed by atoms with Crippen molar-refractivity contribution < 1.29 is 64.2 Å². The zero-order valence-electron chi connectivity index (χ0n) is 44.9. The van der Waals surface area contributed by atoms with Crippen LogP contribution in [0.15, 0.2) is 0 Å². The second-order valence-corrected chi connectivity index (χ2v) is 23.0. The van der Waals surface area contributed by atoms with Gasteiger partial charge in [0.1, 0.15) is 54.9 Å². The van der Waals surface area contributed by atoms with Crippen LogP contribution in [-0.4, -0.2) is 143 Å². The minimum atomic E-state index is -1.65. The van der Waals surface area contributed by atoms with Gasteiger partial charge in [0.15, 0.2) is 12.6 Å². The topological polar surface area (TPSA) is 197 Å². The van der Waals surface area contributed by atoms with Crippen LogP contribution in [-0.2, 0) is 28.4 Å². The van der Waals surface area contributed by atoms with Gasteiger partial charge in [0, 0.05) is 13.2 Å². The lowest BCUT2D eigenvalue weighted by molar-refractivity contribution is -0.333. The first kappa shape index (κ1) is 63.6. The smallest absolute Gasteiger partial charge is 0.186 e. The van der Waals surface area contributed by atoms with E-state index in [0.717, 1.165) is 54.8 Å². The van der Waals surface area contributed by atoms with Gasteiger partial charge in [-0.1, -0.05) is 185 Å². The molecule has 0 saturated carbocycles. The lowest BCUT2D eigenvalue weighted by atomic mass is 9.91. The van der Waals surface area contributed by atoms with Crippen molar-refractivity contribution >= 4 is 0 Å². The Labute approximate surface area is 415 Å². The number of aliphatic hydroxyl groups is 7. The number of aliphatic hydroxyl groups excluding tert-OH is 7. The van der Waals surface area contributed by atoms with Crippen molar-refractivity contribution in [3.8, 4) is 0 Å². The summed E-state index contributed by atoms with van der Waals surface area (Å²) in [5.41, 5.74) is 0. The first-order valence-corrected chi connectivity index (χ1v) is 27.7. The Morgan fingerprint density at radius 3 is 1.15 bits per heavy atom. The molecule has 0 aromatic rings. The maximum Gasteiger partial charge on any atom is 0.186 e. The molecule has 0 amide bonds. The molecule has 0 spiro atoms. The molecule has 2 fully saturated rings. The maximum absolute atomic E-state index is 10.9. The Morgan fingerprint density at radius 1 is 0.382 bits per heavy atom. The van der Waals surface area contributed by atoms with Crippen LogP contribution in [0.1, 0.15) is 198 Å². The summed E-state index contributed by atoms with van der Waals surface area (Å²) in [5, 5.41) is 72.7. The zero-order valence-corrected chi connectivity index (χ0v) is 44.9. The molecule has 406 valence electrons. The number of rotatable bonds is 40. The summed E-state index contributed by atoms with van der Waals surface area (Å²) in [6.45, 7) is 23.7. The molecule has 7 N–H and O–H groups in total. The second-order valence-electron chi connectivity index (χ2n) is 23.0. The molecule has 2 heterocycles. The third kappa shape index (κ3) is 27.0. The van der Waals surface area contributed by atoms with E-state index in [2.05, 4.69) is 69.2 Å². The summed E-state index contributed by atoms with van der Waals surface area (Å²) in [4.78, 5) is 0. The summed E-state index contributed by atoms with van der Waals surface area (Å²) in [6.07, 6.45) is 9.68. The van der Waals surface area contributed by atoms with Crippen LogP contribution in [0, 0.1) is 47.3 Å². The van der Waals surface area contributed by atoms with E-state index in [9.17, 15) is 35.7 Å². The highest BCUT2D eigenvalue weighted by atomic mass is 16.7. The molecule has 2 aliphatic rings. The molecule has 13 nitrogen and oxygen atoms in total. The van der Waals surface area contributed by atoms with E-state index >= 15 is 0 Å². The van der Waals surface area contributed by atoms with Crippen LogP contribution in [0.4, 0.5) is 0 Å². The van der Waals surface area contributed by atoms with Crippen LogP contribution in [0.5, 0.6) is 0 Å². The molecule has 0 radical (unpaired) electrons. The van der Waals surface area contributed by atoms with Gasteiger partial charge < -0.3 is 64.2 Å². The number of hydrogen-bond acceptors (Lipinski definition) is 13. The molecule has 2 aliphatic heterocycles. The van der Waals surface area contributed by atoms with Gasteiger partial charge in [-0.15, -0.1) is 0 Å². The van der Waals surface area contributed by atoms with Gasteiger partial charge in [0.2, 0.25) is 0 Å². The number of ether oxygens (including phenoxy) is 6.